The highest BCUT2D eigenvalue weighted by Crippen LogP contribution is 2.28. The Bertz CT molecular complexity index is 746. The number of nitrogens with zero attached hydrogens (tertiary/aromatic N) is 2. The average Bonchev–Trinajstić information content (AvgIpc) is 2.91. The topological polar surface area (TPSA) is 51.0 Å². The first kappa shape index (κ1) is 13.8. The minimum absolute atomic E-state index is 0.0742. The number of hydrogen-bond donors (Lipinski definition) is 1. The van der Waals surface area contributed by atoms with Gasteiger partial charge in [0.1, 0.15) is 17.4 Å². The Labute approximate surface area is 124 Å². The summed E-state index contributed by atoms with van der Waals surface area (Å²) >= 11 is 0. The van der Waals surface area contributed by atoms with Crippen molar-refractivity contribution in [3.8, 4) is 0 Å². The van der Waals surface area contributed by atoms with E-state index in [1.54, 1.807) is 6.20 Å². The smallest absolute Gasteiger partial charge is 0.137 e. The number of fused-ring (bicyclic) bond motifs is 1. The SMILES string of the molecule is CCNC(c1cnc(C)cn1)c1cc2cccc(C)c2o1. The molecule has 108 valence electrons. The number of nitrogens with one attached hydrogen (secondary N) is 1. The van der Waals surface area contributed by atoms with E-state index in [-0.39, 0.29) is 6.04 Å². The van der Waals surface area contributed by atoms with Crippen LogP contribution in [0.3, 0.4) is 0 Å². The lowest BCUT2D eigenvalue weighted by Gasteiger charge is -2.14. The van der Waals surface area contributed by atoms with Gasteiger partial charge in [-0.3, -0.25) is 9.97 Å². The van der Waals surface area contributed by atoms with E-state index in [1.165, 1.54) is 0 Å². The Morgan fingerprint density at radius 2 is 2.05 bits per heavy atom. The molecule has 1 N–H and O–H groups in total. The van der Waals surface area contributed by atoms with Crippen LogP contribution in [0.25, 0.3) is 11.0 Å². The lowest BCUT2D eigenvalue weighted by Crippen LogP contribution is -2.22. The van der Waals surface area contributed by atoms with Crippen LogP contribution in [0.5, 0.6) is 0 Å². The van der Waals surface area contributed by atoms with Gasteiger partial charge in [-0.1, -0.05) is 25.1 Å². The number of furan rings is 1. The van der Waals surface area contributed by atoms with Crippen LogP contribution in [-0.4, -0.2) is 16.5 Å². The van der Waals surface area contributed by atoms with E-state index in [4.69, 9.17) is 4.42 Å². The van der Waals surface area contributed by atoms with Crippen molar-refractivity contribution < 1.29 is 4.42 Å². The fourth-order valence-electron chi connectivity index (χ4n) is 2.48. The highest BCUT2D eigenvalue weighted by molar-refractivity contribution is 5.81. The lowest BCUT2D eigenvalue weighted by molar-refractivity contribution is 0.469. The third-order valence-electron chi connectivity index (χ3n) is 3.55. The van der Waals surface area contributed by atoms with Gasteiger partial charge in [-0.15, -0.1) is 0 Å². The standard InChI is InChI=1S/C17H19N3O/c1-4-18-16(14-10-19-12(3)9-20-14)15-8-13-7-5-6-11(2)17(13)21-15/h5-10,16,18H,4H2,1-3H3. The zero-order chi connectivity index (χ0) is 14.8. The summed E-state index contributed by atoms with van der Waals surface area (Å²) in [4.78, 5) is 8.82. The molecular weight excluding hydrogens is 262 g/mol. The van der Waals surface area contributed by atoms with Crippen LogP contribution < -0.4 is 5.32 Å². The van der Waals surface area contributed by atoms with E-state index in [9.17, 15) is 0 Å². The number of aryl methyl sites for hydroxylation is 2. The first-order valence-electron chi connectivity index (χ1n) is 7.20. The van der Waals surface area contributed by atoms with Crippen LogP contribution in [0.1, 0.15) is 35.7 Å². The van der Waals surface area contributed by atoms with E-state index in [1.807, 2.05) is 19.2 Å². The molecule has 0 radical (unpaired) electrons. The molecule has 1 atom stereocenters. The van der Waals surface area contributed by atoms with E-state index < -0.39 is 0 Å². The predicted molar refractivity (Wildman–Crippen MR) is 83.2 cm³/mol. The molecule has 0 fully saturated rings. The molecule has 1 aromatic carbocycles. The van der Waals surface area contributed by atoms with E-state index in [2.05, 4.69) is 47.3 Å². The molecule has 4 nitrogen and oxygen atoms in total. The third-order valence-corrected chi connectivity index (χ3v) is 3.55. The van der Waals surface area contributed by atoms with Crippen LogP contribution in [0.2, 0.25) is 0 Å². The van der Waals surface area contributed by atoms with Gasteiger partial charge in [0.2, 0.25) is 0 Å². The monoisotopic (exact) mass is 281 g/mol. The highest BCUT2D eigenvalue weighted by atomic mass is 16.3. The van der Waals surface area contributed by atoms with Crippen LogP contribution in [0, 0.1) is 13.8 Å². The molecule has 21 heavy (non-hydrogen) atoms. The van der Waals surface area contributed by atoms with Gasteiger partial charge in [-0.05, 0) is 32.0 Å². The molecule has 4 heteroatoms. The van der Waals surface area contributed by atoms with Gasteiger partial charge in [0.25, 0.3) is 0 Å². The van der Waals surface area contributed by atoms with Gasteiger partial charge in [0.05, 0.1) is 17.6 Å². The molecule has 1 unspecified atom stereocenters. The molecule has 2 heterocycles. The normalized spacial score (nSPS) is 12.7. The number of benzene rings is 1. The van der Waals surface area contributed by atoms with Crippen LogP contribution in [0.4, 0.5) is 0 Å². The van der Waals surface area contributed by atoms with Crippen molar-refractivity contribution >= 4 is 11.0 Å². The van der Waals surface area contributed by atoms with E-state index in [0.717, 1.165) is 40.2 Å². The molecule has 3 aromatic rings. The maximum absolute atomic E-state index is 6.07. The average molecular weight is 281 g/mol. The van der Waals surface area contributed by atoms with Gasteiger partial charge in [-0.25, -0.2) is 0 Å². The fourth-order valence-corrected chi connectivity index (χ4v) is 2.48. The minimum atomic E-state index is -0.0742. The van der Waals surface area contributed by atoms with Crippen molar-refractivity contribution in [2.24, 2.45) is 0 Å². The number of aromatic nitrogens is 2. The van der Waals surface area contributed by atoms with E-state index >= 15 is 0 Å². The molecule has 0 aliphatic heterocycles. The second-order valence-corrected chi connectivity index (χ2v) is 5.22. The number of rotatable bonds is 4. The van der Waals surface area contributed by atoms with Gasteiger partial charge in [0, 0.05) is 11.6 Å². The molecule has 0 aliphatic carbocycles. The number of para-hydroxylation sites is 1. The van der Waals surface area contributed by atoms with Gasteiger partial charge in [-0.2, -0.15) is 0 Å². The first-order chi connectivity index (χ1) is 10.2. The number of hydrogen-bond acceptors (Lipinski definition) is 4. The molecule has 0 bridgehead atoms. The van der Waals surface area contributed by atoms with Gasteiger partial charge >= 0.3 is 0 Å². The first-order valence-corrected chi connectivity index (χ1v) is 7.20. The zero-order valence-electron chi connectivity index (χ0n) is 12.6. The van der Waals surface area contributed by atoms with Crippen molar-refractivity contribution in [1.29, 1.82) is 0 Å². The van der Waals surface area contributed by atoms with Gasteiger partial charge in [0.15, 0.2) is 0 Å². The van der Waals surface area contributed by atoms with Crippen molar-refractivity contribution in [2.75, 3.05) is 6.54 Å². The largest absolute Gasteiger partial charge is 0.459 e. The Morgan fingerprint density at radius 3 is 2.71 bits per heavy atom. The maximum Gasteiger partial charge on any atom is 0.137 e. The zero-order valence-corrected chi connectivity index (χ0v) is 12.6. The lowest BCUT2D eigenvalue weighted by atomic mass is 10.1. The van der Waals surface area contributed by atoms with E-state index in [0.29, 0.717) is 0 Å². The van der Waals surface area contributed by atoms with Crippen molar-refractivity contribution in [3.05, 3.63) is 59.4 Å². The van der Waals surface area contributed by atoms with Crippen LogP contribution in [0.15, 0.2) is 41.1 Å². The Kier molecular flexibility index (Phi) is 3.71. The van der Waals surface area contributed by atoms with Crippen molar-refractivity contribution in [3.63, 3.8) is 0 Å². The fraction of sp³-hybridized carbons (Fsp3) is 0.294. The summed E-state index contributed by atoms with van der Waals surface area (Å²) in [6.07, 6.45) is 3.59. The van der Waals surface area contributed by atoms with Crippen LogP contribution in [-0.2, 0) is 0 Å². The molecular formula is C17H19N3O. The Morgan fingerprint density at radius 1 is 1.19 bits per heavy atom. The third kappa shape index (κ3) is 2.67. The molecule has 2 aromatic heterocycles. The van der Waals surface area contributed by atoms with Crippen molar-refractivity contribution in [1.82, 2.24) is 15.3 Å². The second-order valence-electron chi connectivity index (χ2n) is 5.22. The summed E-state index contributed by atoms with van der Waals surface area (Å²) in [5.41, 5.74) is 3.87. The summed E-state index contributed by atoms with van der Waals surface area (Å²) in [5.74, 6) is 0.874. The summed E-state index contributed by atoms with van der Waals surface area (Å²) < 4.78 is 6.07. The molecule has 0 spiro atoms. The molecule has 0 amide bonds. The maximum atomic E-state index is 6.07. The Hall–Kier alpha value is -2.20. The molecule has 3 rings (SSSR count). The Balaban J connectivity index is 2.06. The van der Waals surface area contributed by atoms with Crippen LogP contribution >= 0.6 is 0 Å². The quantitative estimate of drug-likeness (QED) is 0.794. The molecule has 0 saturated carbocycles. The second kappa shape index (κ2) is 5.66. The summed E-state index contributed by atoms with van der Waals surface area (Å²) in [5, 5.41) is 4.54. The summed E-state index contributed by atoms with van der Waals surface area (Å²) in [6.45, 7) is 6.89. The molecule has 0 aliphatic rings. The molecule has 0 saturated heterocycles. The minimum Gasteiger partial charge on any atom is -0.459 e. The predicted octanol–water partition coefficient (Wildman–Crippen LogP) is 3.54. The summed E-state index contributed by atoms with van der Waals surface area (Å²) in [7, 11) is 0. The summed E-state index contributed by atoms with van der Waals surface area (Å²) in [6, 6.07) is 8.18. The highest BCUT2D eigenvalue weighted by Gasteiger charge is 2.19. The van der Waals surface area contributed by atoms with Gasteiger partial charge < -0.3 is 9.73 Å². The van der Waals surface area contributed by atoms with Crippen molar-refractivity contribution in [2.45, 2.75) is 26.8 Å².